The molecule has 0 aliphatic heterocycles. The SMILES string of the molecule is OC(c1cccc(C(F)F)c1)C1CC2CCC1C2. The van der Waals surface area contributed by atoms with Gasteiger partial charge in [-0.05, 0) is 48.6 Å². The number of benzene rings is 1. The number of alkyl halides is 2. The lowest BCUT2D eigenvalue weighted by Gasteiger charge is -2.27. The molecular formula is C15H18F2O. The molecule has 2 bridgehead atoms. The lowest BCUT2D eigenvalue weighted by Crippen LogP contribution is -2.19. The average Bonchev–Trinajstić information content (AvgIpc) is 3.00. The fourth-order valence-corrected chi connectivity index (χ4v) is 3.81. The van der Waals surface area contributed by atoms with E-state index >= 15 is 0 Å². The first kappa shape index (κ1) is 12.1. The lowest BCUT2D eigenvalue weighted by atomic mass is 9.82. The van der Waals surface area contributed by atoms with E-state index in [0.29, 0.717) is 11.5 Å². The molecule has 3 rings (SSSR count). The van der Waals surface area contributed by atoms with Crippen molar-refractivity contribution >= 4 is 0 Å². The van der Waals surface area contributed by atoms with Gasteiger partial charge in [0.2, 0.25) is 0 Å². The van der Waals surface area contributed by atoms with Crippen LogP contribution >= 0.6 is 0 Å². The molecule has 2 aliphatic rings. The van der Waals surface area contributed by atoms with Crippen molar-refractivity contribution in [1.29, 1.82) is 0 Å². The van der Waals surface area contributed by atoms with Crippen LogP contribution in [0.1, 0.15) is 49.3 Å². The van der Waals surface area contributed by atoms with E-state index in [-0.39, 0.29) is 11.5 Å². The van der Waals surface area contributed by atoms with Crippen LogP contribution in [0.4, 0.5) is 8.78 Å². The Labute approximate surface area is 106 Å². The van der Waals surface area contributed by atoms with Gasteiger partial charge >= 0.3 is 0 Å². The van der Waals surface area contributed by atoms with E-state index in [1.165, 1.54) is 31.4 Å². The van der Waals surface area contributed by atoms with Crippen molar-refractivity contribution < 1.29 is 13.9 Å². The van der Waals surface area contributed by atoms with E-state index in [1.54, 1.807) is 12.1 Å². The molecule has 1 nitrogen and oxygen atoms in total. The van der Waals surface area contributed by atoms with Crippen LogP contribution in [0.3, 0.4) is 0 Å². The molecule has 4 atom stereocenters. The molecule has 3 heteroatoms. The highest BCUT2D eigenvalue weighted by Gasteiger charge is 2.43. The Kier molecular flexibility index (Phi) is 3.10. The molecule has 1 N–H and O–H groups in total. The standard InChI is InChI=1S/C15H18F2O/c16-15(17)12-3-1-2-11(8-12)14(18)13-7-9-4-5-10(13)6-9/h1-3,8-10,13-15,18H,4-7H2. The quantitative estimate of drug-likeness (QED) is 0.859. The average molecular weight is 252 g/mol. The maximum absolute atomic E-state index is 12.7. The van der Waals surface area contributed by atoms with Crippen LogP contribution in [-0.2, 0) is 0 Å². The van der Waals surface area contributed by atoms with Gasteiger partial charge in [-0.3, -0.25) is 0 Å². The molecule has 0 amide bonds. The second-order valence-corrected chi connectivity index (χ2v) is 5.75. The van der Waals surface area contributed by atoms with Crippen LogP contribution in [0.5, 0.6) is 0 Å². The van der Waals surface area contributed by atoms with Crippen molar-refractivity contribution in [1.82, 2.24) is 0 Å². The fourth-order valence-electron chi connectivity index (χ4n) is 3.81. The van der Waals surface area contributed by atoms with Gasteiger partial charge in [-0.15, -0.1) is 0 Å². The van der Waals surface area contributed by atoms with Crippen LogP contribution in [-0.4, -0.2) is 5.11 Å². The van der Waals surface area contributed by atoms with E-state index in [2.05, 4.69) is 0 Å². The van der Waals surface area contributed by atoms with Crippen LogP contribution in [0.2, 0.25) is 0 Å². The van der Waals surface area contributed by atoms with Gasteiger partial charge in [0.25, 0.3) is 6.43 Å². The van der Waals surface area contributed by atoms with E-state index in [0.717, 1.165) is 12.3 Å². The van der Waals surface area contributed by atoms with E-state index in [4.69, 9.17) is 0 Å². The minimum atomic E-state index is -2.46. The van der Waals surface area contributed by atoms with Gasteiger partial charge in [-0.2, -0.15) is 0 Å². The minimum Gasteiger partial charge on any atom is -0.388 e. The summed E-state index contributed by atoms with van der Waals surface area (Å²) in [7, 11) is 0. The second-order valence-electron chi connectivity index (χ2n) is 5.75. The zero-order chi connectivity index (χ0) is 12.7. The van der Waals surface area contributed by atoms with Gasteiger partial charge in [0, 0.05) is 5.56 Å². The van der Waals surface area contributed by atoms with Crippen LogP contribution < -0.4 is 0 Å². The predicted octanol–water partition coefficient (Wildman–Crippen LogP) is 4.09. The molecule has 0 saturated heterocycles. The molecule has 1 aromatic rings. The molecule has 0 heterocycles. The third-order valence-electron chi connectivity index (χ3n) is 4.70. The van der Waals surface area contributed by atoms with Gasteiger partial charge in [0.05, 0.1) is 6.10 Å². The summed E-state index contributed by atoms with van der Waals surface area (Å²) in [6.45, 7) is 0. The number of hydrogen-bond acceptors (Lipinski definition) is 1. The Morgan fingerprint density at radius 1 is 1.11 bits per heavy atom. The number of aliphatic hydroxyl groups is 1. The first-order chi connectivity index (χ1) is 8.65. The Morgan fingerprint density at radius 2 is 1.89 bits per heavy atom. The molecule has 0 radical (unpaired) electrons. The molecule has 18 heavy (non-hydrogen) atoms. The van der Waals surface area contributed by atoms with Crippen molar-refractivity contribution in [2.24, 2.45) is 17.8 Å². The number of aliphatic hydroxyl groups excluding tert-OH is 1. The minimum absolute atomic E-state index is 0.00899. The monoisotopic (exact) mass is 252 g/mol. The number of hydrogen-bond donors (Lipinski definition) is 1. The third-order valence-corrected chi connectivity index (χ3v) is 4.70. The summed E-state index contributed by atoms with van der Waals surface area (Å²) in [6.07, 6.45) is 1.73. The summed E-state index contributed by atoms with van der Waals surface area (Å²) in [6, 6.07) is 6.26. The molecule has 0 spiro atoms. The number of fused-ring (bicyclic) bond motifs is 2. The third kappa shape index (κ3) is 2.05. The highest BCUT2D eigenvalue weighted by molar-refractivity contribution is 5.26. The molecule has 2 saturated carbocycles. The van der Waals surface area contributed by atoms with E-state index in [9.17, 15) is 13.9 Å². The normalized spacial score (nSPS) is 32.1. The van der Waals surface area contributed by atoms with Crippen molar-refractivity contribution in [2.75, 3.05) is 0 Å². The molecule has 1 aromatic carbocycles. The molecule has 4 unspecified atom stereocenters. The van der Waals surface area contributed by atoms with Gasteiger partial charge in [0.1, 0.15) is 0 Å². The molecular weight excluding hydrogens is 234 g/mol. The maximum atomic E-state index is 12.7. The molecule has 2 aliphatic carbocycles. The Morgan fingerprint density at radius 3 is 2.50 bits per heavy atom. The van der Waals surface area contributed by atoms with Crippen molar-refractivity contribution in [2.45, 2.75) is 38.2 Å². The molecule has 2 fully saturated rings. The summed E-state index contributed by atoms with van der Waals surface area (Å²) in [5, 5.41) is 10.4. The van der Waals surface area contributed by atoms with Gasteiger partial charge < -0.3 is 5.11 Å². The topological polar surface area (TPSA) is 20.2 Å². The lowest BCUT2D eigenvalue weighted by molar-refractivity contribution is 0.0740. The van der Waals surface area contributed by atoms with Gasteiger partial charge in [-0.1, -0.05) is 24.6 Å². The van der Waals surface area contributed by atoms with Crippen molar-refractivity contribution in [3.8, 4) is 0 Å². The first-order valence-electron chi connectivity index (χ1n) is 6.71. The summed E-state index contributed by atoms with van der Waals surface area (Å²) < 4.78 is 25.3. The van der Waals surface area contributed by atoms with Crippen LogP contribution in [0.15, 0.2) is 24.3 Å². The summed E-state index contributed by atoms with van der Waals surface area (Å²) in [5.74, 6) is 1.63. The smallest absolute Gasteiger partial charge is 0.263 e. The van der Waals surface area contributed by atoms with Gasteiger partial charge in [0.15, 0.2) is 0 Å². The number of rotatable bonds is 3. The Hall–Kier alpha value is -0.960. The van der Waals surface area contributed by atoms with E-state index in [1.807, 2.05) is 0 Å². The molecule has 98 valence electrons. The highest BCUT2D eigenvalue weighted by atomic mass is 19.3. The summed E-state index contributed by atoms with van der Waals surface area (Å²) >= 11 is 0. The zero-order valence-electron chi connectivity index (χ0n) is 10.2. The van der Waals surface area contributed by atoms with Crippen molar-refractivity contribution in [3.05, 3.63) is 35.4 Å². The van der Waals surface area contributed by atoms with Crippen LogP contribution in [0, 0.1) is 17.8 Å². The maximum Gasteiger partial charge on any atom is 0.263 e. The van der Waals surface area contributed by atoms with Gasteiger partial charge in [-0.25, -0.2) is 8.78 Å². The largest absolute Gasteiger partial charge is 0.388 e. The Balaban J connectivity index is 1.79. The fraction of sp³-hybridized carbons (Fsp3) is 0.600. The first-order valence-corrected chi connectivity index (χ1v) is 6.71. The highest BCUT2D eigenvalue weighted by Crippen LogP contribution is 2.52. The van der Waals surface area contributed by atoms with Crippen molar-refractivity contribution in [3.63, 3.8) is 0 Å². The number of halogens is 2. The zero-order valence-corrected chi connectivity index (χ0v) is 10.2. The summed E-state index contributed by atoms with van der Waals surface area (Å²) in [5.41, 5.74) is 0.667. The molecule has 0 aromatic heterocycles. The second kappa shape index (κ2) is 4.61. The summed E-state index contributed by atoms with van der Waals surface area (Å²) in [4.78, 5) is 0. The van der Waals surface area contributed by atoms with Crippen LogP contribution in [0.25, 0.3) is 0 Å². The Bertz CT molecular complexity index is 432. The predicted molar refractivity (Wildman–Crippen MR) is 65.3 cm³/mol. The van der Waals surface area contributed by atoms with E-state index < -0.39 is 12.5 Å².